The molecule has 0 amide bonds. The Morgan fingerprint density at radius 3 is 1.89 bits per heavy atom. The molecule has 0 spiro atoms. The molecule has 0 aliphatic heterocycles. The number of carbonyl (C=O) groups excluding carboxylic acids is 1. The van der Waals surface area contributed by atoms with Gasteiger partial charge in [0.2, 0.25) is 0 Å². The van der Waals surface area contributed by atoms with Gasteiger partial charge in [0.05, 0.1) is 12.3 Å². The highest BCUT2D eigenvalue weighted by Crippen LogP contribution is 2.41. The first-order valence-corrected chi connectivity index (χ1v) is 15.0. The fourth-order valence-corrected chi connectivity index (χ4v) is 5.13. The third-order valence-corrected chi connectivity index (χ3v) is 7.47. The van der Waals surface area contributed by atoms with Crippen LogP contribution in [0.1, 0.15) is 53.9 Å². The quantitative estimate of drug-likeness (QED) is 0.137. The molecule has 0 aliphatic rings. The van der Waals surface area contributed by atoms with Crippen LogP contribution < -0.4 is 14.4 Å². The average molecular weight is 589 g/mol. The largest absolute Gasteiger partial charge is 0.488 e. The molecule has 5 rings (SSSR count). The van der Waals surface area contributed by atoms with Gasteiger partial charge in [0.15, 0.2) is 0 Å². The van der Waals surface area contributed by atoms with Gasteiger partial charge in [-0.1, -0.05) is 74.5 Å². The second kappa shape index (κ2) is 14.0. The summed E-state index contributed by atoms with van der Waals surface area (Å²) in [5.41, 5.74) is 7.25. The van der Waals surface area contributed by atoms with Crippen molar-refractivity contribution in [2.75, 3.05) is 25.6 Å². The molecule has 0 radical (unpaired) electrons. The lowest BCUT2D eigenvalue weighted by Crippen LogP contribution is -2.13. The predicted molar refractivity (Wildman–Crippen MR) is 177 cm³/mol. The number of esters is 1. The molecule has 4 aromatic carbocycles. The van der Waals surface area contributed by atoms with Crippen molar-refractivity contribution in [2.45, 2.75) is 39.9 Å². The summed E-state index contributed by atoms with van der Waals surface area (Å²) in [7, 11) is 4.01. The van der Waals surface area contributed by atoms with Crippen molar-refractivity contribution >= 4 is 11.7 Å². The second-order valence-electron chi connectivity index (χ2n) is 11.2. The van der Waals surface area contributed by atoms with Crippen LogP contribution in [-0.4, -0.2) is 31.2 Å². The number of rotatable bonds is 12. The number of aromatic nitrogens is 1. The van der Waals surface area contributed by atoms with E-state index in [2.05, 4.69) is 32.0 Å². The van der Waals surface area contributed by atoms with Crippen LogP contribution in [0.4, 0.5) is 5.69 Å². The Labute approximate surface area is 260 Å². The van der Waals surface area contributed by atoms with Crippen molar-refractivity contribution in [3.05, 3.63) is 132 Å². The smallest absolute Gasteiger partial charge is 0.355 e. The van der Waals surface area contributed by atoms with Crippen LogP contribution in [0.2, 0.25) is 0 Å². The fourth-order valence-electron chi connectivity index (χ4n) is 5.13. The van der Waals surface area contributed by atoms with Gasteiger partial charge in [0.1, 0.15) is 30.4 Å². The molecular weight excluding hydrogens is 548 g/mol. The van der Waals surface area contributed by atoms with Crippen LogP contribution in [0.15, 0.2) is 109 Å². The van der Waals surface area contributed by atoms with Gasteiger partial charge in [0, 0.05) is 37.1 Å². The summed E-state index contributed by atoms with van der Waals surface area (Å²) in [5.74, 6) is 1.24. The fraction of sp³-hybridized carbons (Fsp3) is 0.237. The minimum absolute atomic E-state index is 0.176. The Morgan fingerprint density at radius 1 is 0.750 bits per heavy atom. The molecule has 0 unspecified atom stereocenters. The van der Waals surface area contributed by atoms with Crippen LogP contribution in [0.25, 0.3) is 16.9 Å². The van der Waals surface area contributed by atoms with Gasteiger partial charge >= 0.3 is 5.97 Å². The maximum atomic E-state index is 13.2. The Balaban J connectivity index is 1.66. The third-order valence-electron chi connectivity index (χ3n) is 7.47. The van der Waals surface area contributed by atoms with Crippen molar-refractivity contribution in [2.24, 2.45) is 0 Å². The highest BCUT2D eigenvalue weighted by molar-refractivity contribution is 5.91. The van der Waals surface area contributed by atoms with E-state index in [1.54, 1.807) is 0 Å². The van der Waals surface area contributed by atoms with E-state index in [9.17, 15) is 4.79 Å². The summed E-state index contributed by atoms with van der Waals surface area (Å²) in [6.07, 6.45) is 0. The van der Waals surface area contributed by atoms with E-state index in [1.165, 1.54) is 0 Å². The van der Waals surface area contributed by atoms with Crippen LogP contribution in [0.5, 0.6) is 11.5 Å². The average Bonchev–Trinajstić information content (AvgIpc) is 3.49. The Morgan fingerprint density at radius 2 is 1.34 bits per heavy atom. The van der Waals surface area contributed by atoms with E-state index in [1.807, 2.05) is 121 Å². The van der Waals surface area contributed by atoms with Gasteiger partial charge < -0.3 is 23.7 Å². The Hall–Kier alpha value is -4.97. The van der Waals surface area contributed by atoms with Crippen molar-refractivity contribution in [3.63, 3.8) is 0 Å². The molecule has 226 valence electrons. The van der Waals surface area contributed by atoms with E-state index in [-0.39, 0.29) is 18.5 Å². The highest BCUT2D eigenvalue weighted by Gasteiger charge is 2.23. The Kier molecular flexibility index (Phi) is 9.70. The van der Waals surface area contributed by atoms with E-state index in [0.29, 0.717) is 24.7 Å². The van der Waals surface area contributed by atoms with Gasteiger partial charge in [-0.2, -0.15) is 0 Å². The minimum Gasteiger partial charge on any atom is -0.488 e. The summed E-state index contributed by atoms with van der Waals surface area (Å²) >= 11 is 0. The maximum Gasteiger partial charge on any atom is 0.355 e. The number of anilines is 1. The summed E-state index contributed by atoms with van der Waals surface area (Å²) in [4.78, 5) is 15.2. The second-order valence-corrected chi connectivity index (χ2v) is 11.2. The molecule has 0 fully saturated rings. The highest BCUT2D eigenvalue weighted by atomic mass is 16.5. The minimum atomic E-state index is -0.380. The predicted octanol–water partition coefficient (Wildman–Crippen LogP) is 8.67. The zero-order chi connectivity index (χ0) is 31.1. The lowest BCUT2D eigenvalue weighted by Gasteiger charge is -2.21. The van der Waals surface area contributed by atoms with Crippen molar-refractivity contribution in [3.8, 4) is 28.4 Å². The third kappa shape index (κ3) is 6.97. The van der Waals surface area contributed by atoms with Crippen LogP contribution >= 0.6 is 0 Å². The summed E-state index contributed by atoms with van der Waals surface area (Å²) in [6, 6.07) is 36.3. The molecule has 1 heterocycles. The van der Waals surface area contributed by atoms with Crippen LogP contribution in [0, 0.1) is 0 Å². The first-order chi connectivity index (χ1) is 21.4. The van der Waals surface area contributed by atoms with Gasteiger partial charge in [0.25, 0.3) is 0 Å². The van der Waals surface area contributed by atoms with Crippen molar-refractivity contribution < 1.29 is 19.0 Å². The summed E-state index contributed by atoms with van der Waals surface area (Å²) < 4.78 is 20.4. The molecule has 0 saturated heterocycles. The van der Waals surface area contributed by atoms with Gasteiger partial charge in [-0.3, -0.25) is 0 Å². The van der Waals surface area contributed by atoms with Gasteiger partial charge in [-0.05, 0) is 72.0 Å². The molecule has 6 nitrogen and oxygen atoms in total. The first kappa shape index (κ1) is 30.5. The summed E-state index contributed by atoms with van der Waals surface area (Å²) in [5, 5.41) is 0. The standard InChI is InChI=1S/C38H40N2O4/c1-6-42-38(41)35-22-21-34(40(35)31-19-17-30(18-20-31)39(4)5)33-23-32(27(2)3)36(43-25-28-13-9-7-10-14-28)24-37(33)44-26-29-15-11-8-12-16-29/h7-24,27H,6,25-26H2,1-5H3. The number of carbonyl (C=O) groups is 1. The molecule has 0 saturated carbocycles. The number of ether oxygens (including phenoxy) is 3. The van der Waals surface area contributed by atoms with Gasteiger partial charge in [-0.15, -0.1) is 0 Å². The molecule has 1 aromatic heterocycles. The summed E-state index contributed by atoms with van der Waals surface area (Å²) in [6.45, 7) is 7.24. The molecule has 0 N–H and O–H groups in total. The lowest BCUT2D eigenvalue weighted by molar-refractivity contribution is 0.0517. The normalized spacial score (nSPS) is 11.0. The molecule has 6 heteroatoms. The zero-order valence-corrected chi connectivity index (χ0v) is 26.1. The van der Waals surface area contributed by atoms with E-state index in [0.717, 1.165) is 45.1 Å². The lowest BCUT2D eigenvalue weighted by atomic mass is 9.97. The van der Waals surface area contributed by atoms with Crippen LogP contribution in [-0.2, 0) is 18.0 Å². The molecule has 0 atom stereocenters. The molecule has 0 aliphatic carbocycles. The first-order valence-electron chi connectivity index (χ1n) is 15.0. The number of hydrogen-bond acceptors (Lipinski definition) is 5. The molecule has 44 heavy (non-hydrogen) atoms. The van der Waals surface area contributed by atoms with E-state index in [4.69, 9.17) is 14.2 Å². The molecular formula is C38H40N2O4. The number of hydrogen-bond donors (Lipinski definition) is 0. The molecule has 5 aromatic rings. The number of benzene rings is 4. The SMILES string of the molecule is CCOC(=O)c1ccc(-c2cc(C(C)C)c(OCc3ccccc3)cc2OCc2ccccc2)n1-c1ccc(N(C)C)cc1. The Bertz CT molecular complexity index is 1670. The van der Waals surface area contributed by atoms with Gasteiger partial charge in [-0.25, -0.2) is 4.79 Å². The van der Waals surface area contributed by atoms with E-state index >= 15 is 0 Å². The topological polar surface area (TPSA) is 52.9 Å². The van der Waals surface area contributed by atoms with Crippen LogP contribution in [0.3, 0.4) is 0 Å². The van der Waals surface area contributed by atoms with Crippen molar-refractivity contribution in [1.29, 1.82) is 0 Å². The molecule has 0 bridgehead atoms. The number of nitrogens with zero attached hydrogens (tertiary/aromatic N) is 2. The van der Waals surface area contributed by atoms with Crippen molar-refractivity contribution in [1.82, 2.24) is 4.57 Å². The maximum absolute atomic E-state index is 13.2. The monoisotopic (exact) mass is 588 g/mol. The zero-order valence-electron chi connectivity index (χ0n) is 26.1. The van der Waals surface area contributed by atoms with E-state index < -0.39 is 0 Å².